The minimum absolute atomic E-state index is 0.0426. The second-order valence-corrected chi connectivity index (χ2v) is 21.0. The normalized spacial score (nSPS) is 50.6. The van der Waals surface area contributed by atoms with E-state index < -0.39 is 86.5 Å². The summed E-state index contributed by atoms with van der Waals surface area (Å²) in [6.45, 7) is 10.5. The van der Waals surface area contributed by atoms with E-state index in [0.717, 1.165) is 50.7 Å². The summed E-state index contributed by atoms with van der Waals surface area (Å²) in [4.78, 5) is 27.1. The van der Waals surface area contributed by atoms with Gasteiger partial charge in [0.25, 0.3) is 0 Å². The number of ether oxygens (including phenoxy) is 7. The fourth-order valence-electron chi connectivity index (χ4n) is 14.0. The summed E-state index contributed by atoms with van der Waals surface area (Å²) >= 11 is 0. The summed E-state index contributed by atoms with van der Waals surface area (Å²) in [5, 5.41) is 67.9. The van der Waals surface area contributed by atoms with Gasteiger partial charge in [0.05, 0.1) is 25.4 Å². The molecule has 7 N–H and O–H groups in total. The first kappa shape index (κ1) is 45.8. The van der Waals surface area contributed by atoms with Crippen molar-refractivity contribution >= 4 is 17.6 Å². The number of nitrogens with one attached hydrogen (secondary N) is 1. The molecule has 9 rings (SSSR count). The Balaban J connectivity index is 0.806. The highest BCUT2D eigenvalue weighted by Crippen LogP contribution is 2.70. The third-order valence-corrected chi connectivity index (χ3v) is 17.4. The second-order valence-electron chi connectivity index (χ2n) is 21.0. The highest BCUT2D eigenvalue weighted by atomic mass is 16.7. The molecule has 1 spiro atoms. The van der Waals surface area contributed by atoms with Gasteiger partial charge in [0.2, 0.25) is 0 Å². The molecule has 352 valence electrons. The van der Waals surface area contributed by atoms with Crippen LogP contribution in [0.2, 0.25) is 0 Å². The van der Waals surface area contributed by atoms with Crippen molar-refractivity contribution in [3.63, 3.8) is 0 Å². The molecule has 16 nitrogen and oxygen atoms in total. The van der Waals surface area contributed by atoms with Crippen LogP contribution in [0.4, 0.5) is 10.5 Å². The molecule has 16 heteroatoms. The molecule has 1 aromatic rings. The smallest absolute Gasteiger partial charge is 0.411 e. The lowest BCUT2D eigenvalue weighted by atomic mass is 9.44. The fourth-order valence-corrected chi connectivity index (χ4v) is 14.0. The average Bonchev–Trinajstić information content (AvgIpc) is 3.70. The minimum Gasteiger partial charge on any atom is -0.446 e. The maximum atomic E-state index is 14.6. The fraction of sp³-hybridized carbons (Fsp3) is 0.830. The van der Waals surface area contributed by atoms with Crippen molar-refractivity contribution < 1.29 is 73.4 Å². The first-order valence-corrected chi connectivity index (χ1v) is 23.4. The van der Waals surface area contributed by atoms with Gasteiger partial charge in [-0.2, -0.15) is 0 Å². The van der Waals surface area contributed by atoms with Gasteiger partial charge in [-0.25, -0.2) is 4.79 Å². The van der Waals surface area contributed by atoms with E-state index in [4.69, 9.17) is 33.2 Å². The predicted molar refractivity (Wildman–Crippen MR) is 222 cm³/mol. The molecule has 0 radical (unpaired) electrons. The zero-order chi connectivity index (χ0) is 44.7. The van der Waals surface area contributed by atoms with Crippen LogP contribution in [-0.4, -0.2) is 142 Å². The summed E-state index contributed by atoms with van der Waals surface area (Å²) in [7, 11) is 0. The van der Waals surface area contributed by atoms with E-state index in [-0.39, 0.29) is 40.8 Å². The number of rotatable bonds is 8. The van der Waals surface area contributed by atoms with Crippen LogP contribution in [-0.2, 0) is 38.0 Å². The number of ketones is 1. The number of fused-ring (bicyclic) bond motifs is 7. The van der Waals surface area contributed by atoms with Crippen molar-refractivity contribution in [2.75, 3.05) is 25.1 Å². The number of para-hydroxylation sites is 1. The first-order chi connectivity index (χ1) is 30.0. The summed E-state index contributed by atoms with van der Waals surface area (Å²) < 4.78 is 42.7. The number of aliphatic hydroxyl groups is 6. The molecular formula is C47H69NO15. The molecule has 4 heterocycles. The van der Waals surface area contributed by atoms with E-state index in [1.165, 1.54) is 0 Å². The summed E-state index contributed by atoms with van der Waals surface area (Å²) in [5.41, 5.74) is 0.972. The molecular weight excluding hydrogens is 819 g/mol. The van der Waals surface area contributed by atoms with Gasteiger partial charge < -0.3 is 63.8 Å². The van der Waals surface area contributed by atoms with Crippen LogP contribution in [0.3, 0.4) is 0 Å². The summed E-state index contributed by atoms with van der Waals surface area (Å²) in [6.07, 6.45) is -9.26. The molecule has 1 aromatic carbocycles. The number of amides is 1. The van der Waals surface area contributed by atoms with Crippen molar-refractivity contribution in [3.05, 3.63) is 29.8 Å². The quantitative estimate of drug-likeness (QED) is 0.186. The highest BCUT2D eigenvalue weighted by Gasteiger charge is 2.71. The van der Waals surface area contributed by atoms with Gasteiger partial charge in [0.15, 0.2) is 18.4 Å². The van der Waals surface area contributed by atoms with Crippen LogP contribution in [0.1, 0.15) is 91.0 Å². The van der Waals surface area contributed by atoms with Crippen LogP contribution in [0, 0.1) is 59.2 Å². The molecule has 8 fully saturated rings. The number of aliphatic hydroxyl groups excluding tert-OH is 6. The molecule has 0 aromatic heterocycles. The summed E-state index contributed by atoms with van der Waals surface area (Å²) in [6, 6.07) is 7.04. The van der Waals surface area contributed by atoms with Gasteiger partial charge in [0, 0.05) is 30.4 Å². The second kappa shape index (κ2) is 17.4. The average molecular weight is 888 g/mol. The molecule has 4 saturated carbocycles. The molecule has 4 saturated heterocycles. The van der Waals surface area contributed by atoms with Gasteiger partial charge in [-0.1, -0.05) is 45.9 Å². The Bertz CT molecular complexity index is 1830. The first-order valence-electron chi connectivity index (χ1n) is 23.4. The molecule has 63 heavy (non-hydrogen) atoms. The van der Waals surface area contributed by atoms with Gasteiger partial charge in [0.1, 0.15) is 61.2 Å². The number of aryl methyl sites for hydroxylation is 1. The third-order valence-electron chi connectivity index (χ3n) is 17.4. The molecule has 4 aliphatic carbocycles. The van der Waals surface area contributed by atoms with Gasteiger partial charge in [-0.15, -0.1) is 0 Å². The Morgan fingerprint density at radius 3 is 2.32 bits per heavy atom. The van der Waals surface area contributed by atoms with E-state index in [1.54, 1.807) is 25.1 Å². The van der Waals surface area contributed by atoms with Crippen molar-refractivity contribution in [2.45, 2.75) is 172 Å². The van der Waals surface area contributed by atoms with Crippen LogP contribution < -0.4 is 5.32 Å². The number of carbonyl (C=O) groups is 2. The SMILES string of the molecule is Cc1ccccc1NC(=O)OC[C@H]1O[C@@H](O[C@H]2[C@H](O)[C@@H](O)[C@H](O[C@H]3CC[C@@]4(C)[C@@H](CC[C@@H]5[C@@H]4C(=O)C[C@]4(C)C6C(C[C@@H]54)O[C@]4(CC[C@@H](C)CO4)[C@H]6C)C3)O[C@@H]2CO)[C@H](O)[C@@H](O)[C@@H]1O. The van der Waals surface area contributed by atoms with E-state index >= 15 is 0 Å². The lowest BCUT2D eigenvalue weighted by Gasteiger charge is -2.60. The Hall–Kier alpha value is -2.32. The topological polar surface area (TPSA) is 232 Å². The highest BCUT2D eigenvalue weighted by molar-refractivity contribution is 5.85. The molecule has 4 aliphatic heterocycles. The van der Waals surface area contributed by atoms with Crippen molar-refractivity contribution in [1.82, 2.24) is 0 Å². The minimum atomic E-state index is -1.82. The van der Waals surface area contributed by atoms with Gasteiger partial charge in [-0.3, -0.25) is 10.1 Å². The molecule has 0 bridgehead atoms. The molecule has 1 amide bonds. The number of anilines is 1. The van der Waals surface area contributed by atoms with Gasteiger partial charge >= 0.3 is 6.09 Å². The van der Waals surface area contributed by atoms with Crippen molar-refractivity contribution in [3.8, 4) is 0 Å². The van der Waals surface area contributed by atoms with E-state index in [0.29, 0.717) is 54.4 Å². The van der Waals surface area contributed by atoms with Crippen LogP contribution in [0.25, 0.3) is 0 Å². The number of hydrogen-bond acceptors (Lipinski definition) is 15. The monoisotopic (exact) mass is 887 g/mol. The lowest BCUT2D eigenvalue weighted by molar-refractivity contribution is -0.364. The Morgan fingerprint density at radius 1 is 0.857 bits per heavy atom. The maximum absolute atomic E-state index is 14.6. The Kier molecular flexibility index (Phi) is 12.7. The van der Waals surface area contributed by atoms with E-state index in [1.807, 2.05) is 6.07 Å². The molecule has 22 atom stereocenters. The largest absolute Gasteiger partial charge is 0.446 e. The molecule has 8 aliphatic rings. The van der Waals surface area contributed by atoms with E-state index in [2.05, 4.69) is 33.0 Å². The van der Waals surface area contributed by atoms with Crippen LogP contribution >= 0.6 is 0 Å². The van der Waals surface area contributed by atoms with Crippen LogP contribution in [0.15, 0.2) is 24.3 Å². The number of Topliss-reactive ketones (excluding diaryl/α,β-unsaturated/α-hetero) is 1. The van der Waals surface area contributed by atoms with E-state index in [9.17, 15) is 40.2 Å². The standard InChI is InChI=1S/C47H69NO15/c1-22-12-15-47(58-20-22)24(3)34-31(63-47)17-28-27-11-10-25-16-26(13-14-45(25,4)35(27)30(50)18-46(28,34)5)59-42-40(55)38(53)41(32(19-49)60-42)62-43-39(54)37(52)36(51)33(61-43)21-57-44(56)48-29-9-7-6-8-23(29)2/h6-9,22,24-28,31-43,49,51-55H,10-21H2,1-5H3,(H,48,56)/t22-,24+,25+,26+,27+,28+,31?,32-,33-,34?,35-,36-,37+,38-,39-,40-,41-,42-,43+,45+,46+,47-/m1/s1. The lowest BCUT2D eigenvalue weighted by Crippen LogP contribution is -2.65. The third kappa shape index (κ3) is 7.89. The Morgan fingerprint density at radius 2 is 1.59 bits per heavy atom. The molecule has 2 unspecified atom stereocenters. The predicted octanol–water partition coefficient (Wildman–Crippen LogP) is 3.19. The van der Waals surface area contributed by atoms with Gasteiger partial charge in [-0.05, 0) is 104 Å². The number of hydrogen-bond donors (Lipinski definition) is 7. The maximum Gasteiger partial charge on any atom is 0.411 e. The zero-order valence-electron chi connectivity index (χ0n) is 37.1. The van der Waals surface area contributed by atoms with Crippen LogP contribution in [0.5, 0.6) is 0 Å². The number of carbonyl (C=O) groups excluding carboxylic acids is 2. The Labute approximate surface area is 369 Å². The number of benzene rings is 1. The van der Waals surface area contributed by atoms with Crippen molar-refractivity contribution in [2.24, 2.45) is 52.3 Å². The van der Waals surface area contributed by atoms with Crippen molar-refractivity contribution in [1.29, 1.82) is 0 Å². The summed E-state index contributed by atoms with van der Waals surface area (Å²) in [5.74, 6) is 1.76. The zero-order valence-corrected chi connectivity index (χ0v) is 37.1.